The van der Waals surface area contributed by atoms with E-state index < -0.39 is 0 Å². The third-order valence-corrected chi connectivity index (χ3v) is 4.77. The molecular weight excluding hydrogens is 340 g/mol. The smallest absolute Gasteiger partial charge is 0.271 e. The Hall–Kier alpha value is -3.06. The van der Waals surface area contributed by atoms with Crippen molar-refractivity contribution >= 4 is 22.8 Å². The molecule has 2 aromatic heterocycles. The van der Waals surface area contributed by atoms with Crippen molar-refractivity contribution in [3.8, 4) is 0 Å². The Morgan fingerprint density at radius 1 is 1.00 bits per heavy atom. The van der Waals surface area contributed by atoms with Crippen LogP contribution in [0, 0.1) is 0 Å². The Morgan fingerprint density at radius 3 is 2.52 bits per heavy atom. The topological polar surface area (TPSA) is 74.2 Å². The summed E-state index contributed by atoms with van der Waals surface area (Å²) < 4.78 is 0. The van der Waals surface area contributed by atoms with Gasteiger partial charge in [-0.25, -0.2) is 9.97 Å². The molecule has 0 aliphatic carbocycles. The van der Waals surface area contributed by atoms with Crippen molar-refractivity contribution in [1.29, 1.82) is 0 Å². The first-order valence-corrected chi connectivity index (χ1v) is 9.07. The van der Waals surface area contributed by atoms with Crippen LogP contribution in [0.3, 0.4) is 0 Å². The van der Waals surface area contributed by atoms with Gasteiger partial charge in [-0.3, -0.25) is 9.78 Å². The van der Waals surface area contributed by atoms with Gasteiger partial charge in [-0.05, 0) is 30.8 Å². The van der Waals surface area contributed by atoms with Crippen molar-refractivity contribution in [2.24, 2.45) is 0 Å². The van der Waals surface area contributed by atoms with Gasteiger partial charge in [0.2, 0.25) is 0 Å². The number of fused-ring (bicyclic) bond motifs is 1. The van der Waals surface area contributed by atoms with Crippen LogP contribution in [0.15, 0.2) is 48.8 Å². The zero-order valence-corrected chi connectivity index (χ0v) is 15.3. The van der Waals surface area contributed by atoms with Crippen molar-refractivity contribution < 1.29 is 4.79 Å². The van der Waals surface area contributed by atoms with E-state index in [1.807, 2.05) is 42.6 Å². The molecule has 1 saturated heterocycles. The lowest BCUT2D eigenvalue weighted by molar-refractivity contribution is 0.0946. The number of anilines is 1. The van der Waals surface area contributed by atoms with Crippen LogP contribution in [0.2, 0.25) is 0 Å². The molecule has 138 valence electrons. The number of hydrogen-bond donors (Lipinski definition) is 1. The minimum atomic E-state index is -0.239. The van der Waals surface area contributed by atoms with Crippen molar-refractivity contribution in [2.45, 2.75) is 6.54 Å². The Balaban J connectivity index is 1.37. The van der Waals surface area contributed by atoms with E-state index in [4.69, 9.17) is 0 Å². The van der Waals surface area contributed by atoms with Crippen LogP contribution in [0.25, 0.3) is 11.0 Å². The van der Waals surface area contributed by atoms with Crippen LogP contribution in [0.4, 0.5) is 5.82 Å². The lowest BCUT2D eigenvalue weighted by atomic mass is 10.2. The normalized spacial score (nSPS) is 15.1. The second-order valence-corrected chi connectivity index (χ2v) is 6.74. The number of amides is 1. The Kier molecular flexibility index (Phi) is 4.93. The number of aromatic nitrogens is 3. The lowest BCUT2D eigenvalue weighted by Gasteiger charge is -2.33. The highest BCUT2D eigenvalue weighted by atomic mass is 16.1. The van der Waals surface area contributed by atoms with Crippen LogP contribution in [-0.4, -0.2) is 59.0 Å². The molecule has 7 heteroatoms. The van der Waals surface area contributed by atoms with Gasteiger partial charge in [0.1, 0.15) is 11.5 Å². The highest BCUT2D eigenvalue weighted by Crippen LogP contribution is 2.14. The SMILES string of the molecule is CN1CCN(c2ccc(CNC(=O)c3cnc4ccccc4n3)cn2)CC1. The first-order chi connectivity index (χ1) is 13.2. The van der Waals surface area contributed by atoms with Gasteiger partial charge in [-0.1, -0.05) is 18.2 Å². The summed E-state index contributed by atoms with van der Waals surface area (Å²) in [7, 11) is 2.14. The number of nitrogens with zero attached hydrogens (tertiary/aromatic N) is 5. The number of nitrogens with one attached hydrogen (secondary N) is 1. The van der Waals surface area contributed by atoms with Gasteiger partial charge in [-0.2, -0.15) is 0 Å². The second kappa shape index (κ2) is 7.67. The van der Waals surface area contributed by atoms with E-state index in [9.17, 15) is 4.79 Å². The number of hydrogen-bond acceptors (Lipinski definition) is 6. The molecule has 1 N–H and O–H groups in total. The number of rotatable bonds is 4. The average molecular weight is 362 g/mol. The summed E-state index contributed by atoms with van der Waals surface area (Å²) in [4.78, 5) is 30.2. The number of pyridine rings is 1. The molecule has 0 bridgehead atoms. The number of carbonyl (C=O) groups is 1. The first-order valence-electron chi connectivity index (χ1n) is 9.07. The van der Waals surface area contributed by atoms with Gasteiger partial charge in [0.15, 0.2) is 0 Å². The first kappa shape index (κ1) is 17.4. The van der Waals surface area contributed by atoms with Crippen molar-refractivity contribution in [1.82, 2.24) is 25.2 Å². The van der Waals surface area contributed by atoms with Crippen LogP contribution >= 0.6 is 0 Å². The minimum absolute atomic E-state index is 0.239. The van der Waals surface area contributed by atoms with E-state index >= 15 is 0 Å². The molecule has 0 spiro atoms. The molecule has 1 fully saturated rings. The summed E-state index contributed by atoms with van der Waals surface area (Å²) in [6.45, 7) is 4.47. The average Bonchev–Trinajstić information content (AvgIpc) is 2.72. The number of likely N-dealkylation sites (N-methyl/N-ethyl adjacent to an activating group) is 1. The summed E-state index contributed by atoms with van der Waals surface area (Å²) in [5.41, 5.74) is 2.76. The number of piperazine rings is 1. The van der Waals surface area contributed by atoms with Crippen molar-refractivity contribution in [3.63, 3.8) is 0 Å². The fourth-order valence-electron chi connectivity index (χ4n) is 3.08. The molecule has 1 aliphatic heterocycles. The molecule has 0 saturated carbocycles. The molecule has 1 aromatic carbocycles. The van der Waals surface area contributed by atoms with Gasteiger partial charge in [0.05, 0.1) is 17.2 Å². The largest absolute Gasteiger partial charge is 0.354 e. The van der Waals surface area contributed by atoms with Crippen LogP contribution in [0.5, 0.6) is 0 Å². The summed E-state index contributed by atoms with van der Waals surface area (Å²) in [5.74, 6) is 0.745. The predicted molar refractivity (Wildman–Crippen MR) is 105 cm³/mol. The molecule has 1 aliphatic rings. The highest BCUT2D eigenvalue weighted by Gasteiger charge is 2.15. The highest BCUT2D eigenvalue weighted by molar-refractivity contribution is 5.93. The zero-order chi connectivity index (χ0) is 18.6. The zero-order valence-electron chi connectivity index (χ0n) is 15.3. The Bertz CT molecular complexity index is 935. The monoisotopic (exact) mass is 362 g/mol. The predicted octanol–water partition coefficient (Wildman–Crippen LogP) is 1.71. The molecule has 1 amide bonds. The number of benzene rings is 1. The Morgan fingerprint density at radius 2 is 1.78 bits per heavy atom. The van der Waals surface area contributed by atoms with Gasteiger partial charge in [0, 0.05) is 38.9 Å². The molecule has 3 aromatic rings. The van der Waals surface area contributed by atoms with Crippen LogP contribution in [-0.2, 0) is 6.54 Å². The summed E-state index contributed by atoms with van der Waals surface area (Å²) in [6.07, 6.45) is 3.33. The fraction of sp³-hybridized carbons (Fsp3) is 0.300. The van der Waals surface area contributed by atoms with Crippen LogP contribution < -0.4 is 10.2 Å². The van der Waals surface area contributed by atoms with Gasteiger partial charge in [0.25, 0.3) is 5.91 Å². The van der Waals surface area contributed by atoms with Crippen LogP contribution in [0.1, 0.15) is 16.1 Å². The number of carbonyl (C=O) groups excluding carboxylic acids is 1. The molecule has 4 rings (SSSR count). The molecule has 0 radical (unpaired) electrons. The van der Waals surface area contributed by atoms with Crippen molar-refractivity contribution in [2.75, 3.05) is 38.1 Å². The van der Waals surface area contributed by atoms with E-state index in [-0.39, 0.29) is 5.91 Å². The third kappa shape index (κ3) is 4.03. The number of para-hydroxylation sites is 2. The maximum Gasteiger partial charge on any atom is 0.271 e. The van der Waals surface area contributed by atoms with Gasteiger partial charge >= 0.3 is 0 Å². The lowest BCUT2D eigenvalue weighted by Crippen LogP contribution is -2.44. The molecule has 0 unspecified atom stereocenters. The third-order valence-electron chi connectivity index (χ3n) is 4.77. The van der Waals surface area contributed by atoms with Gasteiger partial charge in [-0.15, -0.1) is 0 Å². The summed E-state index contributed by atoms with van der Waals surface area (Å²) in [6, 6.07) is 11.5. The maximum atomic E-state index is 12.4. The Labute approximate surface area is 158 Å². The standard InChI is InChI=1S/C20H22N6O/c1-25-8-10-26(11-9-25)19-7-6-15(12-22-19)13-23-20(27)18-14-21-16-4-2-3-5-17(16)24-18/h2-7,12,14H,8-11,13H2,1H3,(H,23,27). The molecule has 7 nitrogen and oxygen atoms in total. The molecule has 27 heavy (non-hydrogen) atoms. The minimum Gasteiger partial charge on any atom is -0.354 e. The molecule has 0 atom stereocenters. The van der Waals surface area contributed by atoms with E-state index in [1.54, 1.807) is 0 Å². The van der Waals surface area contributed by atoms with Gasteiger partial charge < -0.3 is 15.1 Å². The van der Waals surface area contributed by atoms with E-state index in [0.717, 1.165) is 43.1 Å². The summed E-state index contributed by atoms with van der Waals surface area (Å²) in [5, 5.41) is 2.88. The molecular formula is C20H22N6O. The summed E-state index contributed by atoms with van der Waals surface area (Å²) >= 11 is 0. The quantitative estimate of drug-likeness (QED) is 0.762. The van der Waals surface area contributed by atoms with E-state index in [1.165, 1.54) is 6.20 Å². The maximum absolute atomic E-state index is 12.4. The van der Waals surface area contributed by atoms with E-state index in [0.29, 0.717) is 17.8 Å². The van der Waals surface area contributed by atoms with E-state index in [2.05, 4.69) is 37.1 Å². The molecule has 3 heterocycles. The van der Waals surface area contributed by atoms with Crippen molar-refractivity contribution in [3.05, 3.63) is 60.0 Å². The second-order valence-electron chi connectivity index (χ2n) is 6.74. The fourth-order valence-corrected chi connectivity index (χ4v) is 3.08.